The van der Waals surface area contributed by atoms with Crippen LogP contribution in [0.2, 0.25) is 0 Å². The summed E-state index contributed by atoms with van der Waals surface area (Å²) in [6.07, 6.45) is 21.9. The molecule has 0 saturated heterocycles. The van der Waals surface area contributed by atoms with Gasteiger partial charge >= 0.3 is 5.97 Å². The highest BCUT2D eigenvalue weighted by molar-refractivity contribution is 5.94. The quantitative estimate of drug-likeness (QED) is 0.151. The fraction of sp³-hybridized carbons (Fsp3) is 0.655. The number of rotatable bonds is 18. The van der Waals surface area contributed by atoms with Crippen molar-refractivity contribution in [3.8, 4) is 0 Å². The van der Waals surface area contributed by atoms with Crippen molar-refractivity contribution in [1.82, 2.24) is 14.6 Å². The maximum absolute atomic E-state index is 12.0. The van der Waals surface area contributed by atoms with E-state index in [1.54, 1.807) is 0 Å². The molecule has 5 nitrogen and oxygen atoms in total. The SMILES string of the molecule is CCCCCCCCCCCCCCCCCc1cc2nc3cc(C(=O)OCC)ccc3n2[nH]1. The molecule has 3 rings (SSSR count). The van der Waals surface area contributed by atoms with Gasteiger partial charge in [0, 0.05) is 11.8 Å². The number of esters is 1. The average molecular weight is 468 g/mol. The van der Waals surface area contributed by atoms with E-state index in [1.165, 1.54) is 102 Å². The summed E-state index contributed by atoms with van der Waals surface area (Å²) in [4.78, 5) is 16.6. The molecule has 34 heavy (non-hydrogen) atoms. The molecule has 1 aromatic carbocycles. The molecule has 2 heterocycles. The van der Waals surface area contributed by atoms with E-state index in [4.69, 9.17) is 4.74 Å². The Morgan fingerprint density at radius 1 is 0.824 bits per heavy atom. The lowest BCUT2D eigenvalue weighted by Crippen LogP contribution is -2.04. The molecule has 3 aromatic rings. The van der Waals surface area contributed by atoms with Crippen LogP contribution in [0, 0.1) is 0 Å². The maximum atomic E-state index is 12.0. The van der Waals surface area contributed by atoms with E-state index < -0.39 is 0 Å². The number of aromatic amines is 1. The lowest BCUT2D eigenvalue weighted by molar-refractivity contribution is 0.0526. The lowest BCUT2D eigenvalue weighted by Gasteiger charge is -2.03. The first-order chi connectivity index (χ1) is 16.7. The van der Waals surface area contributed by atoms with Gasteiger partial charge in [0.2, 0.25) is 0 Å². The minimum Gasteiger partial charge on any atom is -0.462 e. The fourth-order valence-corrected chi connectivity index (χ4v) is 4.80. The van der Waals surface area contributed by atoms with Crippen molar-refractivity contribution in [2.24, 2.45) is 0 Å². The number of aryl methyl sites for hydroxylation is 1. The van der Waals surface area contributed by atoms with Crippen LogP contribution in [0.3, 0.4) is 0 Å². The highest BCUT2D eigenvalue weighted by Gasteiger charge is 2.12. The molecular formula is C29H45N3O2. The van der Waals surface area contributed by atoms with Crippen LogP contribution in [0.5, 0.6) is 0 Å². The van der Waals surface area contributed by atoms with Gasteiger partial charge in [-0.2, -0.15) is 0 Å². The first kappa shape index (κ1) is 26.3. The summed E-state index contributed by atoms with van der Waals surface area (Å²) < 4.78 is 7.11. The number of hydrogen-bond acceptors (Lipinski definition) is 3. The Hall–Kier alpha value is -2.30. The van der Waals surface area contributed by atoms with Crippen molar-refractivity contribution in [3.63, 3.8) is 0 Å². The van der Waals surface area contributed by atoms with Gasteiger partial charge in [-0.1, -0.05) is 96.8 Å². The molecule has 5 heteroatoms. The van der Waals surface area contributed by atoms with Crippen LogP contribution >= 0.6 is 0 Å². The zero-order chi connectivity index (χ0) is 24.0. The normalized spacial score (nSPS) is 11.6. The number of imidazole rings is 1. The Bertz CT molecular complexity index is 988. The summed E-state index contributed by atoms with van der Waals surface area (Å²) >= 11 is 0. The Morgan fingerprint density at radius 2 is 1.41 bits per heavy atom. The average Bonchev–Trinajstić information content (AvgIpc) is 3.38. The van der Waals surface area contributed by atoms with Crippen LogP contribution in [0.25, 0.3) is 16.7 Å². The van der Waals surface area contributed by atoms with Crippen molar-refractivity contribution >= 4 is 22.6 Å². The zero-order valence-electron chi connectivity index (χ0n) is 21.5. The molecule has 0 spiro atoms. The molecule has 0 amide bonds. The Kier molecular flexibility index (Phi) is 11.5. The molecule has 0 radical (unpaired) electrons. The van der Waals surface area contributed by atoms with Crippen LogP contribution < -0.4 is 0 Å². The largest absolute Gasteiger partial charge is 0.462 e. The van der Waals surface area contributed by atoms with Crippen LogP contribution in [0.1, 0.15) is 126 Å². The van der Waals surface area contributed by atoms with Gasteiger partial charge in [-0.05, 0) is 38.0 Å². The number of carbonyl (C=O) groups is 1. The number of carbonyl (C=O) groups excluding carboxylic acids is 1. The highest BCUT2D eigenvalue weighted by atomic mass is 16.5. The van der Waals surface area contributed by atoms with Crippen LogP contribution in [0.4, 0.5) is 0 Å². The van der Waals surface area contributed by atoms with Gasteiger partial charge in [0.15, 0.2) is 5.65 Å². The monoisotopic (exact) mass is 467 g/mol. The van der Waals surface area contributed by atoms with E-state index >= 15 is 0 Å². The number of aromatic nitrogens is 3. The molecule has 0 unspecified atom stereocenters. The Balaban J connectivity index is 1.26. The number of fused-ring (bicyclic) bond motifs is 3. The van der Waals surface area contributed by atoms with E-state index in [0.717, 1.165) is 23.1 Å². The number of unbranched alkanes of at least 4 members (excludes halogenated alkanes) is 14. The topological polar surface area (TPSA) is 59.4 Å². The number of benzene rings is 1. The predicted octanol–water partition coefficient (Wildman–Crippen LogP) is 8.41. The molecule has 0 aliphatic heterocycles. The second kappa shape index (κ2) is 14.9. The third kappa shape index (κ3) is 8.18. The van der Waals surface area contributed by atoms with E-state index in [9.17, 15) is 4.79 Å². The molecule has 0 fully saturated rings. The van der Waals surface area contributed by atoms with Crippen molar-refractivity contribution in [2.45, 2.75) is 117 Å². The maximum Gasteiger partial charge on any atom is 0.338 e. The number of hydrogen-bond donors (Lipinski definition) is 1. The minimum atomic E-state index is -0.296. The number of H-pyrrole nitrogens is 1. The van der Waals surface area contributed by atoms with Gasteiger partial charge in [-0.15, -0.1) is 0 Å². The van der Waals surface area contributed by atoms with Gasteiger partial charge in [0.05, 0.1) is 23.2 Å². The summed E-state index contributed by atoms with van der Waals surface area (Å²) in [5.41, 5.74) is 4.50. The molecule has 0 aliphatic rings. The van der Waals surface area contributed by atoms with Gasteiger partial charge in [-0.25, -0.2) is 14.3 Å². The third-order valence-corrected chi connectivity index (χ3v) is 6.80. The van der Waals surface area contributed by atoms with Crippen molar-refractivity contribution in [2.75, 3.05) is 6.61 Å². The molecule has 2 aromatic heterocycles. The second-order valence-corrected chi connectivity index (χ2v) is 9.71. The molecule has 188 valence electrons. The van der Waals surface area contributed by atoms with Crippen LogP contribution in [-0.2, 0) is 11.2 Å². The first-order valence-electron chi connectivity index (χ1n) is 13.9. The van der Waals surface area contributed by atoms with Gasteiger partial charge < -0.3 is 4.74 Å². The van der Waals surface area contributed by atoms with Gasteiger partial charge in [0.25, 0.3) is 0 Å². The highest BCUT2D eigenvalue weighted by Crippen LogP contribution is 2.20. The molecule has 0 aliphatic carbocycles. The summed E-state index contributed by atoms with van der Waals surface area (Å²) in [5, 5.41) is 3.48. The lowest BCUT2D eigenvalue weighted by atomic mass is 10.0. The van der Waals surface area contributed by atoms with Crippen molar-refractivity contribution in [1.29, 1.82) is 0 Å². The summed E-state index contributed by atoms with van der Waals surface area (Å²) in [6, 6.07) is 7.69. The minimum absolute atomic E-state index is 0.296. The molecule has 0 bridgehead atoms. The van der Waals surface area contributed by atoms with Crippen molar-refractivity contribution < 1.29 is 9.53 Å². The van der Waals surface area contributed by atoms with Crippen LogP contribution in [0.15, 0.2) is 24.3 Å². The fourth-order valence-electron chi connectivity index (χ4n) is 4.80. The third-order valence-electron chi connectivity index (χ3n) is 6.80. The van der Waals surface area contributed by atoms with Gasteiger partial charge in [-0.3, -0.25) is 5.10 Å². The summed E-state index contributed by atoms with van der Waals surface area (Å²) in [5.74, 6) is -0.296. The smallest absolute Gasteiger partial charge is 0.338 e. The number of nitrogens with one attached hydrogen (secondary N) is 1. The Morgan fingerprint density at radius 3 is 2.00 bits per heavy atom. The van der Waals surface area contributed by atoms with E-state index in [2.05, 4.69) is 23.1 Å². The molecule has 0 atom stereocenters. The molecule has 0 saturated carbocycles. The summed E-state index contributed by atoms with van der Waals surface area (Å²) in [6.45, 7) is 4.48. The van der Waals surface area contributed by atoms with Crippen LogP contribution in [-0.4, -0.2) is 27.2 Å². The van der Waals surface area contributed by atoms with Crippen molar-refractivity contribution in [3.05, 3.63) is 35.5 Å². The second-order valence-electron chi connectivity index (χ2n) is 9.71. The number of nitrogens with zero attached hydrogens (tertiary/aromatic N) is 2. The summed E-state index contributed by atoms with van der Waals surface area (Å²) in [7, 11) is 0. The number of ether oxygens (including phenoxy) is 1. The van der Waals surface area contributed by atoms with E-state index in [-0.39, 0.29) is 5.97 Å². The first-order valence-corrected chi connectivity index (χ1v) is 13.9. The zero-order valence-corrected chi connectivity index (χ0v) is 21.5. The predicted molar refractivity (Wildman–Crippen MR) is 142 cm³/mol. The van der Waals surface area contributed by atoms with E-state index in [1.807, 2.05) is 29.6 Å². The standard InChI is InChI=1S/C29H45N3O2/c1-3-5-6-7-8-9-10-11-12-13-14-15-16-17-18-19-25-23-28-30-26-22-24(29(33)34-4-2)20-21-27(26)32(28)31-25/h20-23,31H,3-19H2,1-2H3. The Labute approximate surface area is 205 Å². The van der Waals surface area contributed by atoms with E-state index in [0.29, 0.717) is 12.2 Å². The molecular weight excluding hydrogens is 422 g/mol. The van der Waals surface area contributed by atoms with Gasteiger partial charge in [0.1, 0.15) is 0 Å². The molecule has 1 N–H and O–H groups in total.